The van der Waals surface area contributed by atoms with E-state index in [9.17, 15) is 28.9 Å². The number of hydrogen-bond acceptors (Lipinski definition) is 5. The van der Waals surface area contributed by atoms with Crippen LogP contribution < -0.4 is 10.6 Å². The zero-order valence-electron chi connectivity index (χ0n) is 24.7. The summed E-state index contributed by atoms with van der Waals surface area (Å²) >= 11 is 0. The van der Waals surface area contributed by atoms with Gasteiger partial charge in [0.05, 0.1) is 0 Å². The Bertz CT molecular complexity index is 1610. The molecule has 2 amide bonds. The highest BCUT2D eigenvalue weighted by atomic mass is 31.2. The fourth-order valence-corrected chi connectivity index (χ4v) is 7.25. The largest absolute Gasteiger partial charge is 0.480 e. The van der Waals surface area contributed by atoms with Crippen LogP contribution in [0.25, 0.3) is 10.9 Å². The lowest BCUT2D eigenvalue weighted by molar-refractivity contribution is -0.142. The van der Waals surface area contributed by atoms with Crippen molar-refractivity contribution < 1.29 is 33.7 Å². The lowest BCUT2D eigenvalue weighted by Crippen LogP contribution is -2.47. The number of carboxylic acids is 1. The van der Waals surface area contributed by atoms with Gasteiger partial charge in [0, 0.05) is 42.0 Å². The Morgan fingerprint density at radius 2 is 1.48 bits per heavy atom. The predicted molar refractivity (Wildman–Crippen MR) is 168 cm³/mol. The smallest absolute Gasteiger partial charge is 0.408 e. The Balaban J connectivity index is 1.49. The molecule has 1 aromatic heterocycles. The van der Waals surface area contributed by atoms with E-state index in [1.54, 1.807) is 56.4 Å². The number of carboxylic acid groups (broad SMARTS) is 1. The summed E-state index contributed by atoms with van der Waals surface area (Å²) < 4.78 is 19.3. The molecule has 0 aliphatic heterocycles. The summed E-state index contributed by atoms with van der Waals surface area (Å²) in [6, 6.07) is 24.2. The molecule has 4 aromatic rings. The number of benzene rings is 3. The van der Waals surface area contributed by atoms with E-state index in [4.69, 9.17) is 4.74 Å². The highest BCUT2D eigenvalue weighted by Crippen LogP contribution is 2.49. The number of aromatic amines is 1. The van der Waals surface area contributed by atoms with Gasteiger partial charge in [-0.05, 0) is 28.7 Å². The molecule has 1 heterocycles. The number of aliphatic carboxylic acids is 1. The lowest BCUT2D eigenvalue weighted by atomic mass is 9.96. The van der Waals surface area contributed by atoms with Crippen molar-refractivity contribution in [3.8, 4) is 0 Å². The molecule has 0 saturated carbocycles. The number of H-pyrrole nitrogens is 1. The van der Waals surface area contributed by atoms with Crippen LogP contribution in [0, 0.1) is 11.8 Å². The van der Waals surface area contributed by atoms with Gasteiger partial charge in [-0.1, -0.05) is 92.7 Å². The summed E-state index contributed by atoms with van der Waals surface area (Å²) in [6.07, 6.45) is 0.439. The van der Waals surface area contributed by atoms with E-state index in [2.05, 4.69) is 15.6 Å². The van der Waals surface area contributed by atoms with E-state index in [0.29, 0.717) is 5.56 Å². The first-order chi connectivity index (χ1) is 21.0. The summed E-state index contributed by atoms with van der Waals surface area (Å²) in [6.45, 7) is 3.44. The SMILES string of the molecule is CC(C)C(CP(=O)(O)C(Cc1ccccc1)NC(=O)OCc1ccccc1)C(=O)N[C@@H](Cc1c[nH]c2ccccc12)C(=O)O. The van der Waals surface area contributed by atoms with Crippen LogP contribution >= 0.6 is 7.37 Å². The highest BCUT2D eigenvalue weighted by molar-refractivity contribution is 7.58. The van der Waals surface area contributed by atoms with Crippen molar-refractivity contribution in [2.45, 2.75) is 45.1 Å². The number of ether oxygens (including phenoxy) is 1. The average Bonchev–Trinajstić information content (AvgIpc) is 3.41. The van der Waals surface area contributed by atoms with E-state index >= 15 is 0 Å². The van der Waals surface area contributed by atoms with Crippen LogP contribution in [0.3, 0.4) is 0 Å². The summed E-state index contributed by atoms with van der Waals surface area (Å²) in [5, 5.41) is 15.9. The van der Waals surface area contributed by atoms with Gasteiger partial charge in [-0.25, -0.2) is 9.59 Å². The third-order valence-corrected chi connectivity index (χ3v) is 9.77. The molecule has 0 bridgehead atoms. The molecule has 0 aliphatic carbocycles. The molecule has 4 atom stereocenters. The second kappa shape index (κ2) is 14.9. The molecule has 0 aliphatic rings. The number of fused-ring (bicyclic) bond motifs is 1. The number of amides is 2. The molecule has 0 radical (unpaired) electrons. The van der Waals surface area contributed by atoms with E-state index in [1.807, 2.05) is 48.5 Å². The van der Waals surface area contributed by atoms with Crippen LogP contribution in [-0.2, 0) is 38.3 Å². The minimum atomic E-state index is -4.26. The molecule has 232 valence electrons. The maximum absolute atomic E-state index is 14.0. The summed E-state index contributed by atoms with van der Waals surface area (Å²) in [5.74, 6) is -4.52. The first-order valence-electron chi connectivity index (χ1n) is 14.4. The Morgan fingerprint density at radius 3 is 2.11 bits per heavy atom. The van der Waals surface area contributed by atoms with Gasteiger partial charge in [0.15, 0.2) is 0 Å². The van der Waals surface area contributed by atoms with Crippen molar-refractivity contribution in [1.82, 2.24) is 15.6 Å². The van der Waals surface area contributed by atoms with Crippen LogP contribution in [0.4, 0.5) is 4.79 Å². The standard InChI is InChI=1S/C33H38N3O7P/c1-22(2)27(31(37)35-29(32(38)39)18-25-19-34-28-16-10-9-15-26(25)28)21-44(41,42)30(17-23-11-5-3-6-12-23)36-33(40)43-20-24-13-7-4-8-14-24/h3-16,19,22,27,29-30,34H,17-18,20-21H2,1-2H3,(H,35,37)(H,36,40)(H,38,39)(H,41,42)/t27?,29-,30?/m0/s1. The molecule has 4 rings (SSSR count). The Morgan fingerprint density at radius 1 is 0.864 bits per heavy atom. The Kier molecular flexibility index (Phi) is 11.0. The average molecular weight is 620 g/mol. The summed E-state index contributed by atoms with van der Waals surface area (Å²) in [4.78, 5) is 53.0. The van der Waals surface area contributed by atoms with Crippen LogP contribution in [0.5, 0.6) is 0 Å². The fraction of sp³-hybridized carbons (Fsp3) is 0.303. The number of carbonyl (C=O) groups is 3. The van der Waals surface area contributed by atoms with Crippen molar-refractivity contribution in [3.63, 3.8) is 0 Å². The van der Waals surface area contributed by atoms with Crippen molar-refractivity contribution in [1.29, 1.82) is 0 Å². The summed E-state index contributed by atoms with van der Waals surface area (Å²) in [5.41, 5.74) is 3.04. The van der Waals surface area contributed by atoms with Gasteiger partial charge in [0.2, 0.25) is 13.3 Å². The first kappa shape index (κ1) is 32.5. The maximum Gasteiger partial charge on any atom is 0.408 e. The molecule has 0 spiro atoms. The number of hydrogen-bond donors (Lipinski definition) is 5. The number of rotatable bonds is 14. The zero-order valence-corrected chi connectivity index (χ0v) is 25.6. The lowest BCUT2D eigenvalue weighted by Gasteiger charge is -2.29. The number of aromatic nitrogens is 1. The van der Waals surface area contributed by atoms with E-state index in [1.165, 1.54) is 0 Å². The third kappa shape index (κ3) is 8.81. The van der Waals surface area contributed by atoms with Crippen LogP contribution in [0.2, 0.25) is 0 Å². The zero-order chi connectivity index (χ0) is 31.7. The van der Waals surface area contributed by atoms with Gasteiger partial charge in [-0.15, -0.1) is 0 Å². The fourth-order valence-electron chi connectivity index (χ4n) is 5.04. The van der Waals surface area contributed by atoms with Gasteiger partial charge >= 0.3 is 12.1 Å². The number of nitrogens with one attached hydrogen (secondary N) is 3. The third-order valence-electron chi connectivity index (χ3n) is 7.57. The maximum atomic E-state index is 14.0. The molecule has 0 fully saturated rings. The van der Waals surface area contributed by atoms with Crippen LogP contribution in [0.1, 0.15) is 30.5 Å². The van der Waals surface area contributed by atoms with Gasteiger partial charge < -0.3 is 30.4 Å². The quantitative estimate of drug-likeness (QED) is 0.120. The molecule has 0 saturated heterocycles. The minimum absolute atomic E-state index is 0.0233. The topological polar surface area (TPSA) is 158 Å². The predicted octanol–water partition coefficient (Wildman–Crippen LogP) is 5.32. The first-order valence-corrected chi connectivity index (χ1v) is 16.4. The van der Waals surface area contributed by atoms with E-state index < -0.39 is 55.2 Å². The van der Waals surface area contributed by atoms with Gasteiger partial charge in [-0.3, -0.25) is 9.36 Å². The van der Waals surface area contributed by atoms with Gasteiger partial charge in [0.25, 0.3) is 0 Å². The molecular weight excluding hydrogens is 581 g/mol. The second-order valence-corrected chi connectivity index (χ2v) is 13.7. The molecule has 11 heteroatoms. The van der Waals surface area contributed by atoms with Crippen molar-refractivity contribution in [2.75, 3.05) is 6.16 Å². The minimum Gasteiger partial charge on any atom is -0.480 e. The van der Waals surface area contributed by atoms with E-state index in [-0.39, 0.29) is 19.4 Å². The molecule has 10 nitrogen and oxygen atoms in total. The van der Waals surface area contributed by atoms with Crippen molar-refractivity contribution in [3.05, 3.63) is 108 Å². The molecule has 3 aromatic carbocycles. The monoisotopic (exact) mass is 619 g/mol. The number of para-hydroxylation sites is 1. The number of alkyl carbamates (subject to hydrolysis) is 1. The van der Waals surface area contributed by atoms with Crippen molar-refractivity contribution in [2.24, 2.45) is 11.8 Å². The molecule has 5 N–H and O–H groups in total. The van der Waals surface area contributed by atoms with Gasteiger partial charge in [-0.2, -0.15) is 0 Å². The normalized spacial score (nSPS) is 14.7. The highest BCUT2D eigenvalue weighted by Gasteiger charge is 2.39. The van der Waals surface area contributed by atoms with Crippen LogP contribution in [0.15, 0.2) is 91.1 Å². The van der Waals surface area contributed by atoms with Crippen LogP contribution in [-0.4, -0.2) is 50.9 Å². The molecule has 44 heavy (non-hydrogen) atoms. The molecule has 3 unspecified atom stereocenters. The van der Waals surface area contributed by atoms with Gasteiger partial charge in [0.1, 0.15) is 18.4 Å². The second-order valence-electron chi connectivity index (χ2n) is 11.2. The Hall–Kier alpha value is -4.40. The van der Waals surface area contributed by atoms with Crippen molar-refractivity contribution >= 4 is 36.2 Å². The van der Waals surface area contributed by atoms with E-state index in [0.717, 1.165) is 22.0 Å². The Labute approximate surface area is 256 Å². The number of carbonyl (C=O) groups excluding carboxylic acids is 2. The summed E-state index contributed by atoms with van der Waals surface area (Å²) in [7, 11) is -4.26. The molecular formula is C33H38N3O7P.